The van der Waals surface area contributed by atoms with Crippen molar-refractivity contribution in [1.82, 2.24) is 0 Å². The normalized spacial score (nSPS) is 10.8. The van der Waals surface area contributed by atoms with Gasteiger partial charge in [-0.2, -0.15) is 5.26 Å². The molecule has 0 radical (unpaired) electrons. The molecular formula is C10H11ClN2. The highest BCUT2D eigenvalue weighted by Gasteiger charge is 2.05. The van der Waals surface area contributed by atoms with Crippen LogP contribution in [0.1, 0.15) is 17.2 Å². The van der Waals surface area contributed by atoms with Gasteiger partial charge in [0, 0.05) is 6.04 Å². The molecule has 0 aromatic heterocycles. The van der Waals surface area contributed by atoms with Gasteiger partial charge in [0.1, 0.15) is 0 Å². The maximum absolute atomic E-state index is 8.72. The number of benzene rings is 1. The molecule has 0 heterocycles. The lowest BCUT2D eigenvalue weighted by molar-refractivity contribution is 0.910. The quantitative estimate of drug-likeness (QED) is 0.734. The number of nitrogens with two attached hydrogens (primary N) is 1. The second-order valence-corrected chi connectivity index (χ2v) is 2.46. The molecule has 0 bridgehead atoms. The van der Waals surface area contributed by atoms with Crippen molar-refractivity contribution < 1.29 is 0 Å². The van der Waals surface area contributed by atoms with Gasteiger partial charge in [-0.3, -0.25) is 0 Å². The minimum Gasteiger partial charge on any atom is -0.321 e. The Morgan fingerprint density at radius 3 is 2.62 bits per heavy atom. The van der Waals surface area contributed by atoms with Gasteiger partial charge in [0.25, 0.3) is 0 Å². The molecule has 0 saturated carbocycles. The Morgan fingerprint density at radius 2 is 2.08 bits per heavy atom. The van der Waals surface area contributed by atoms with Crippen LogP contribution in [0.3, 0.4) is 0 Å². The first-order valence-corrected chi connectivity index (χ1v) is 3.66. The summed E-state index contributed by atoms with van der Waals surface area (Å²) >= 11 is 0. The van der Waals surface area contributed by atoms with Crippen LogP contribution < -0.4 is 5.73 Å². The third kappa shape index (κ3) is 2.59. The number of hydrogen-bond donors (Lipinski definition) is 1. The van der Waals surface area contributed by atoms with Crippen LogP contribution >= 0.6 is 12.4 Å². The number of nitrogens with zero attached hydrogens (tertiary/aromatic N) is 1. The van der Waals surface area contributed by atoms with Crippen molar-refractivity contribution in [2.75, 3.05) is 0 Å². The molecule has 1 rings (SSSR count). The fourth-order valence-corrected chi connectivity index (χ4v) is 1.02. The van der Waals surface area contributed by atoms with E-state index in [-0.39, 0.29) is 18.4 Å². The Bertz CT molecular complexity index is 328. The molecule has 0 unspecified atom stereocenters. The molecule has 1 aromatic carbocycles. The average molecular weight is 195 g/mol. The smallest absolute Gasteiger partial charge is 0.0995 e. The van der Waals surface area contributed by atoms with Crippen molar-refractivity contribution in [3.63, 3.8) is 0 Å². The van der Waals surface area contributed by atoms with E-state index in [9.17, 15) is 0 Å². The van der Waals surface area contributed by atoms with Crippen molar-refractivity contribution in [3.8, 4) is 6.07 Å². The van der Waals surface area contributed by atoms with Gasteiger partial charge in [-0.25, -0.2) is 0 Å². The molecule has 1 aromatic rings. The fourth-order valence-electron chi connectivity index (χ4n) is 1.02. The molecule has 0 aliphatic rings. The van der Waals surface area contributed by atoms with E-state index in [1.807, 2.05) is 18.2 Å². The molecular weight excluding hydrogens is 184 g/mol. The third-order valence-corrected chi connectivity index (χ3v) is 1.69. The van der Waals surface area contributed by atoms with Crippen molar-refractivity contribution in [3.05, 3.63) is 48.0 Å². The summed E-state index contributed by atoms with van der Waals surface area (Å²) in [6.45, 7) is 3.58. The van der Waals surface area contributed by atoms with Crippen LogP contribution in [0.25, 0.3) is 0 Å². The van der Waals surface area contributed by atoms with Crippen LogP contribution in [0.2, 0.25) is 0 Å². The summed E-state index contributed by atoms with van der Waals surface area (Å²) in [7, 11) is 0. The van der Waals surface area contributed by atoms with Gasteiger partial charge in [-0.15, -0.1) is 19.0 Å². The highest BCUT2D eigenvalue weighted by atomic mass is 35.5. The number of nitriles is 1. The number of halogens is 1. The van der Waals surface area contributed by atoms with E-state index in [2.05, 4.69) is 12.6 Å². The summed E-state index contributed by atoms with van der Waals surface area (Å²) in [6.07, 6.45) is 1.62. The van der Waals surface area contributed by atoms with E-state index < -0.39 is 0 Å². The molecule has 0 spiro atoms. The second kappa shape index (κ2) is 5.36. The zero-order chi connectivity index (χ0) is 8.97. The summed E-state index contributed by atoms with van der Waals surface area (Å²) in [4.78, 5) is 0. The van der Waals surface area contributed by atoms with Crippen LogP contribution in [0.15, 0.2) is 36.9 Å². The lowest BCUT2D eigenvalue weighted by Gasteiger charge is -2.07. The minimum atomic E-state index is -0.249. The fraction of sp³-hybridized carbons (Fsp3) is 0.100. The van der Waals surface area contributed by atoms with Crippen molar-refractivity contribution in [2.24, 2.45) is 5.73 Å². The van der Waals surface area contributed by atoms with E-state index in [0.29, 0.717) is 5.56 Å². The summed E-state index contributed by atoms with van der Waals surface area (Å²) in [5.74, 6) is 0. The maximum atomic E-state index is 8.72. The predicted octanol–water partition coefficient (Wildman–Crippen LogP) is 2.17. The van der Waals surface area contributed by atoms with Crippen molar-refractivity contribution in [2.45, 2.75) is 6.04 Å². The van der Waals surface area contributed by atoms with E-state index >= 15 is 0 Å². The Morgan fingerprint density at radius 1 is 1.46 bits per heavy atom. The highest BCUT2D eigenvalue weighted by Crippen LogP contribution is 2.15. The maximum Gasteiger partial charge on any atom is 0.0995 e. The first kappa shape index (κ1) is 11.7. The van der Waals surface area contributed by atoms with Crippen LogP contribution in [0, 0.1) is 11.3 Å². The van der Waals surface area contributed by atoms with Gasteiger partial charge >= 0.3 is 0 Å². The van der Waals surface area contributed by atoms with E-state index in [1.54, 1.807) is 12.1 Å². The molecule has 0 aliphatic heterocycles. The van der Waals surface area contributed by atoms with Gasteiger partial charge in [0.2, 0.25) is 0 Å². The topological polar surface area (TPSA) is 49.8 Å². The first-order chi connectivity index (χ1) is 5.79. The minimum absolute atomic E-state index is 0. The standard InChI is InChI=1S/C10H10N2.ClH/c1-2-10(12)9-6-4-3-5-8(9)7-11;/h2-6,10H,1,12H2;1H/t10-;/m1./s1. The lowest BCUT2D eigenvalue weighted by atomic mass is 10.0. The van der Waals surface area contributed by atoms with E-state index in [4.69, 9.17) is 11.0 Å². The zero-order valence-corrected chi connectivity index (χ0v) is 7.92. The second-order valence-electron chi connectivity index (χ2n) is 2.46. The summed E-state index contributed by atoms with van der Waals surface area (Å²) in [5.41, 5.74) is 7.15. The van der Waals surface area contributed by atoms with Crippen molar-refractivity contribution >= 4 is 12.4 Å². The number of rotatable bonds is 2. The molecule has 68 valence electrons. The Labute approximate surface area is 84.1 Å². The van der Waals surface area contributed by atoms with Gasteiger partial charge in [0.15, 0.2) is 0 Å². The summed E-state index contributed by atoms with van der Waals surface area (Å²) < 4.78 is 0. The molecule has 1 atom stereocenters. The largest absolute Gasteiger partial charge is 0.321 e. The van der Waals surface area contributed by atoms with E-state index in [1.165, 1.54) is 0 Å². The molecule has 0 fully saturated rings. The lowest BCUT2D eigenvalue weighted by Crippen LogP contribution is -2.08. The van der Waals surface area contributed by atoms with Crippen molar-refractivity contribution in [1.29, 1.82) is 5.26 Å². The molecule has 0 saturated heterocycles. The van der Waals surface area contributed by atoms with Crippen LogP contribution in [0.4, 0.5) is 0 Å². The SMILES string of the molecule is C=C[C@@H](N)c1ccccc1C#N.Cl. The van der Waals surface area contributed by atoms with Crippen LogP contribution in [-0.4, -0.2) is 0 Å². The van der Waals surface area contributed by atoms with E-state index in [0.717, 1.165) is 5.56 Å². The molecule has 2 N–H and O–H groups in total. The molecule has 13 heavy (non-hydrogen) atoms. The van der Waals surface area contributed by atoms with Gasteiger partial charge < -0.3 is 5.73 Å². The van der Waals surface area contributed by atoms with Crippen LogP contribution in [0.5, 0.6) is 0 Å². The highest BCUT2D eigenvalue weighted by molar-refractivity contribution is 5.85. The summed E-state index contributed by atoms with van der Waals surface area (Å²) in [5, 5.41) is 8.72. The van der Waals surface area contributed by atoms with Gasteiger partial charge in [-0.05, 0) is 11.6 Å². The molecule has 3 heteroatoms. The Hall–Kier alpha value is -1.30. The average Bonchev–Trinajstić information content (AvgIpc) is 2.16. The number of hydrogen-bond acceptors (Lipinski definition) is 2. The van der Waals surface area contributed by atoms with Gasteiger partial charge in [-0.1, -0.05) is 24.3 Å². The molecule has 0 aliphatic carbocycles. The first-order valence-electron chi connectivity index (χ1n) is 3.66. The third-order valence-electron chi connectivity index (χ3n) is 1.69. The zero-order valence-electron chi connectivity index (χ0n) is 7.10. The Kier molecular flexibility index (Phi) is 4.83. The summed E-state index contributed by atoms with van der Waals surface area (Å²) in [6, 6.07) is 9.10. The van der Waals surface area contributed by atoms with Crippen LogP contribution in [-0.2, 0) is 0 Å². The monoisotopic (exact) mass is 194 g/mol. The molecule has 2 nitrogen and oxygen atoms in total. The predicted molar refractivity (Wildman–Crippen MR) is 55.5 cm³/mol. The Balaban J connectivity index is 0.00000144. The van der Waals surface area contributed by atoms with Gasteiger partial charge in [0.05, 0.1) is 11.6 Å². The molecule has 0 amide bonds.